The molecule has 1 saturated heterocycles. The molecule has 0 aliphatic carbocycles. The standard InChI is InChI=1S/C13H19IN2S/c1-13(2)5-6-16(7-8-17-13)12-4-3-10(15)9-11(12)14/h3-4,9H,5-8,15H2,1-2H3. The SMILES string of the molecule is CC1(C)CCN(c2ccc(N)cc2I)CCS1. The number of thioether (sulfide) groups is 1. The lowest BCUT2D eigenvalue weighted by Gasteiger charge is -2.25. The van der Waals surface area contributed by atoms with E-state index in [2.05, 4.69) is 65.2 Å². The fraction of sp³-hybridized carbons (Fsp3) is 0.538. The van der Waals surface area contributed by atoms with Crippen LogP contribution in [0, 0.1) is 3.57 Å². The lowest BCUT2D eigenvalue weighted by atomic mass is 10.1. The van der Waals surface area contributed by atoms with E-state index in [1.54, 1.807) is 0 Å². The van der Waals surface area contributed by atoms with Gasteiger partial charge in [0, 0.05) is 32.8 Å². The van der Waals surface area contributed by atoms with Crippen molar-refractivity contribution in [1.82, 2.24) is 0 Å². The van der Waals surface area contributed by atoms with Crippen LogP contribution in [0.3, 0.4) is 0 Å². The van der Waals surface area contributed by atoms with Gasteiger partial charge in [0.15, 0.2) is 0 Å². The molecule has 17 heavy (non-hydrogen) atoms. The van der Waals surface area contributed by atoms with Crippen molar-refractivity contribution in [2.45, 2.75) is 25.0 Å². The minimum absolute atomic E-state index is 0.411. The van der Waals surface area contributed by atoms with Gasteiger partial charge >= 0.3 is 0 Å². The Kier molecular flexibility index (Phi) is 4.13. The van der Waals surface area contributed by atoms with Gasteiger partial charge in [0.25, 0.3) is 0 Å². The molecule has 0 saturated carbocycles. The number of benzene rings is 1. The van der Waals surface area contributed by atoms with E-state index in [1.165, 1.54) is 21.4 Å². The number of hydrogen-bond donors (Lipinski definition) is 1. The quantitative estimate of drug-likeness (QED) is 0.612. The Labute approximate surface area is 121 Å². The zero-order chi connectivity index (χ0) is 12.5. The molecular weight excluding hydrogens is 343 g/mol. The maximum absolute atomic E-state index is 5.80. The van der Waals surface area contributed by atoms with Crippen molar-refractivity contribution < 1.29 is 0 Å². The molecule has 1 aromatic rings. The van der Waals surface area contributed by atoms with Gasteiger partial charge in [-0.1, -0.05) is 13.8 Å². The average Bonchev–Trinajstić information content (AvgIpc) is 2.40. The molecule has 1 aliphatic rings. The highest BCUT2D eigenvalue weighted by atomic mass is 127. The minimum Gasteiger partial charge on any atom is -0.399 e. The maximum atomic E-state index is 5.80. The highest BCUT2D eigenvalue weighted by Crippen LogP contribution is 2.33. The van der Waals surface area contributed by atoms with Gasteiger partial charge in [0.05, 0.1) is 5.69 Å². The minimum atomic E-state index is 0.411. The summed E-state index contributed by atoms with van der Waals surface area (Å²) in [5.41, 5.74) is 7.98. The van der Waals surface area contributed by atoms with Crippen molar-refractivity contribution in [3.05, 3.63) is 21.8 Å². The van der Waals surface area contributed by atoms with Gasteiger partial charge in [-0.15, -0.1) is 0 Å². The van der Waals surface area contributed by atoms with Crippen molar-refractivity contribution in [2.24, 2.45) is 0 Å². The molecule has 0 amide bonds. The predicted octanol–water partition coefficient (Wildman–Crippen LogP) is 3.60. The van der Waals surface area contributed by atoms with Gasteiger partial charge in [0.1, 0.15) is 0 Å². The molecule has 2 N–H and O–H groups in total. The molecule has 0 bridgehead atoms. The number of nitrogens with zero attached hydrogens (tertiary/aromatic N) is 1. The molecule has 1 fully saturated rings. The molecule has 4 heteroatoms. The van der Waals surface area contributed by atoms with Gasteiger partial charge in [-0.05, 0) is 47.2 Å². The van der Waals surface area contributed by atoms with Crippen LogP contribution in [0.15, 0.2) is 18.2 Å². The van der Waals surface area contributed by atoms with Gasteiger partial charge in [-0.2, -0.15) is 11.8 Å². The van der Waals surface area contributed by atoms with E-state index in [4.69, 9.17) is 5.73 Å². The molecular formula is C13H19IN2S. The Hall–Kier alpha value is -0.100. The summed E-state index contributed by atoms with van der Waals surface area (Å²) in [4.78, 5) is 2.49. The molecule has 0 unspecified atom stereocenters. The summed E-state index contributed by atoms with van der Waals surface area (Å²) in [6.07, 6.45) is 1.23. The van der Waals surface area contributed by atoms with Crippen LogP contribution in [0.5, 0.6) is 0 Å². The van der Waals surface area contributed by atoms with Crippen LogP contribution in [0.2, 0.25) is 0 Å². The summed E-state index contributed by atoms with van der Waals surface area (Å²) in [6.45, 7) is 6.96. The van der Waals surface area contributed by atoms with Crippen LogP contribution in [-0.2, 0) is 0 Å². The molecule has 0 spiro atoms. The summed E-state index contributed by atoms with van der Waals surface area (Å²) in [7, 11) is 0. The number of anilines is 2. The van der Waals surface area contributed by atoms with E-state index in [9.17, 15) is 0 Å². The topological polar surface area (TPSA) is 29.3 Å². The smallest absolute Gasteiger partial charge is 0.0503 e. The van der Waals surface area contributed by atoms with Gasteiger partial charge in [-0.25, -0.2) is 0 Å². The summed E-state index contributed by atoms with van der Waals surface area (Å²) in [5.74, 6) is 1.20. The highest BCUT2D eigenvalue weighted by Gasteiger charge is 2.24. The first-order chi connectivity index (χ1) is 7.98. The molecule has 2 nitrogen and oxygen atoms in total. The Bertz CT molecular complexity index is 406. The molecule has 94 valence electrons. The monoisotopic (exact) mass is 362 g/mol. The van der Waals surface area contributed by atoms with Crippen LogP contribution in [0.4, 0.5) is 11.4 Å². The van der Waals surface area contributed by atoms with Gasteiger partial charge in [-0.3, -0.25) is 0 Å². The van der Waals surface area contributed by atoms with E-state index >= 15 is 0 Å². The van der Waals surface area contributed by atoms with E-state index in [1.807, 2.05) is 6.07 Å². The number of halogens is 1. The second kappa shape index (κ2) is 5.26. The van der Waals surface area contributed by atoms with Crippen LogP contribution in [-0.4, -0.2) is 23.6 Å². The lowest BCUT2D eigenvalue weighted by molar-refractivity contribution is 0.637. The Morgan fingerprint density at radius 2 is 2.12 bits per heavy atom. The second-order valence-electron chi connectivity index (χ2n) is 5.06. The van der Waals surface area contributed by atoms with Crippen molar-refractivity contribution in [3.8, 4) is 0 Å². The number of hydrogen-bond acceptors (Lipinski definition) is 3. The third-order valence-electron chi connectivity index (χ3n) is 3.15. The van der Waals surface area contributed by atoms with Gasteiger partial charge in [0.2, 0.25) is 0 Å². The predicted molar refractivity (Wildman–Crippen MR) is 86.9 cm³/mol. The highest BCUT2D eigenvalue weighted by molar-refractivity contribution is 14.1. The zero-order valence-electron chi connectivity index (χ0n) is 10.4. The molecule has 1 aromatic carbocycles. The number of nitrogen functional groups attached to an aromatic ring is 1. The van der Waals surface area contributed by atoms with E-state index in [-0.39, 0.29) is 0 Å². The number of rotatable bonds is 1. The van der Waals surface area contributed by atoms with E-state index < -0.39 is 0 Å². The molecule has 0 atom stereocenters. The molecule has 1 aliphatic heterocycles. The summed E-state index contributed by atoms with van der Waals surface area (Å²) < 4.78 is 1.67. The molecule has 0 aromatic heterocycles. The Balaban J connectivity index is 2.17. The zero-order valence-corrected chi connectivity index (χ0v) is 13.3. The van der Waals surface area contributed by atoms with Crippen molar-refractivity contribution in [3.63, 3.8) is 0 Å². The Morgan fingerprint density at radius 1 is 1.35 bits per heavy atom. The lowest BCUT2D eigenvalue weighted by Crippen LogP contribution is -2.27. The summed E-state index contributed by atoms with van der Waals surface area (Å²) in [5, 5.41) is 0. The normalized spacial score (nSPS) is 20.1. The first kappa shape index (κ1) is 13.3. The fourth-order valence-corrected chi connectivity index (χ4v) is 4.02. The van der Waals surface area contributed by atoms with Crippen LogP contribution in [0.1, 0.15) is 20.3 Å². The summed E-state index contributed by atoms with van der Waals surface area (Å²) in [6, 6.07) is 6.21. The van der Waals surface area contributed by atoms with Crippen molar-refractivity contribution in [1.29, 1.82) is 0 Å². The fourth-order valence-electron chi connectivity index (χ4n) is 2.04. The first-order valence-electron chi connectivity index (χ1n) is 5.92. The van der Waals surface area contributed by atoms with E-state index in [0.29, 0.717) is 4.75 Å². The second-order valence-corrected chi connectivity index (χ2v) is 8.02. The van der Waals surface area contributed by atoms with Crippen LogP contribution < -0.4 is 10.6 Å². The maximum Gasteiger partial charge on any atom is 0.0503 e. The van der Waals surface area contributed by atoms with Crippen LogP contribution >= 0.6 is 34.4 Å². The largest absolute Gasteiger partial charge is 0.399 e. The summed E-state index contributed by atoms with van der Waals surface area (Å²) >= 11 is 4.46. The molecule has 2 rings (SSSR count). The first-order valence-corrected chi connectivity index (χ1v) is 7.98. The Morgan fingerprint density at radius 3 is 2.82 bits per heavy atom. The van der Waals surface area contributed by atoms with Crippen molar-refractivity contribution in [2.75, 3.05) is 29.5 Å². The third kappa shape index (κ3) is 3.44. The van der Waals surface area contributed by atoms with Crippen molar-refractivity contribution >= 4 is 45.7 Å². The molecule has 1 heterocycles. The van der Waals surface area contributed by atoms with Crippen LogP contribution in [0.25, 0.3) is 0 Å². The third-order valence-corrected chi connectivity index (χ3v) is 5.39. The van der Waals surface area contributed by atoms with E-state index in [0.717, 1.165) is 18.8 Å². The number of nitrogens with two attached hydrogens (primary N) is 1. The van der Waals surface area contributed by atoms with Gasteiger partial charge < -0.3 is 10.6 Å². The average molecular weight is 362 g/mol. The molecule has 0 radical (unpaired) electrons.